The van der Waals surface area contributed by atoms with Crippen LogP contribution in [0.2, 0.25) is 0 Å². The molecule has 2 aliphatic rings. The van der Waals surface area contributed by atoms with Crippen LogP contribution in [0.5, 0.6) is 5.75 Å². The van der Waals surface area contributed by atoms with Gasteiger partial charge in [0.05, 0.1) is 36.8 Å². The number of carbonyl (C=O) groups excluding carboxylic acids is 2. The maximum atomic E-state index is 13.9. The number of allylic oxidation sites excluding steroid dienone is 1. The van der Waals surface area contributed by atoms with Crippen LogP contribution >= 0.6 is 15.9 Å². The van der Waals surface area contributed by atoms with E-state index in [1.165, 1.54) is 4.90 Å². The van der Waals surface area contributed by atoms with E-state index < -0.39 is 43.0 Å². The van der Waals surface area contributed by atoms with Crippen LogP contribution in [0.3, 0.4) is 0 Å². The number of para-hydroxylation sites is 1. The summed E-state index contributed by atoms with van der Waals surface area (Å²) in [5.41, 5.74) is 5.42. The summed E-state index contributed by atoms with van der Waals surface area (Å²) in [4.78, 5) is 28.9. The van der Waals surface area contributed by atoms with Gasteiger partial charge in [-0.2, -0.15) is 0 Å². The number of fused-ring (bicyclic) bond motifs is 1. The second kappa shape index (κ2) is 14.7. The van der Waals surface area contributed by atoms with Crippen molar-refractivity contribution in [1.29, 1.82) is 0 Å². The number of hydrogen-bond acceptors (Lipinski definition) is 7. The maximum Gasteiger partial charge on any atom is 0.238 e. The van der Waals surface area contributed by atoms with Crippen LogP contribution in [0.15, 0.2) is 119 Å². The van der Waals surface area contributed by atoms with Gasteiger partial charge in [-0.3, -0.25) is 14.5 Å². The molecule has 4 aromatic carbocycles. The van der Waals surface area contributed by atoms with E-state index in [9.17, 15) is 30.0 Å². The Morgan fingerprint density at radius 2 is 1.56 bits per heavy atom. The Labute approximate surface area is 287 Å². The number of imide groups is 1. The van der Waals surface area contributed by atoms with Crippen molar-refractivity contribution in [2.24, 2.45) is 17.8 Å². The van der Waals surface area contributed by atoms with Crippen molar-refractivity contribution >= 4 is 56.5 Å². The molecule has 9 heteroatoms. The smallest absolute Gasteiger partial charge is 0.238 e. The molecule has 8 nitrogen and oxygen atoms in total. The number of amides is 2. The van der Waals surface area contributed by atoms with Crippen molar-refractivity contribution in [3.05, 3.63) is 130 Å². The zero-order valence-corrected chi connectivity index (χ0v) is 27.8. The van der Waals surface area contributed by atoms with Gasteiger partial charge in [-0.1, -0.05) is 64.5 Å². The van der Waals surface area contributed by atoms with Gasteiger partial charge in [0.1, 0.15) is 5.75 Å². The number of nitrogens with zero attached hydrogens (tertiary/aromatic N) is 1. The zero-order chi connectivity index (χ0) is 33.8. The van der Waals surface area contributed by atoms with Crippen LogP contribution in [-0.4, -0.2) is 51.6 Å². The summed E-state index contributed by atoms with van der Waals surface area (Å²) < 4.78 is 0.809. The number of phenolic OH excluding ortho intramolecular Hbond substituents is 1. The molecular weight excluding hydrogens is 672 g/mol. The molecule has 0 unspecified atom stereocenters. The highest BCUT2D eigenvalue weighted by molar-refractivity contribution is 9.10. The van der Waals surface area contributed by atoms with Crippen molar-refractivity contribution in [3.63, 3.8) is 0 Å². The third-order valence-corrected chi connectivity index (χ3v) is 9.76. The average Bonchev–Trinajstić information content (AvgIpc) is 3.36. The molecule has 1 fully saturated rings. The molecule has 1 saturated heterocycles. The number of aliphatic hydroxyl groups excluding tert-OH is 3. The number of halogens is 1. The maximum absolute atomic E-state index is 13.9. The van der Waals surface area contributed by atoms with Crippen molar-refractivity contribution < 1.29 is 30.0 Å². The Morgan fingerprint density at radius 1 is 0.896 bits per heavy atom. The van der Waals surface area contributed by atoms with E-state index in [2.05, 4.69) is 21.2 Å². The molecule has 0 radical (unpaired) electrons. The normalized spacial score (nSPS) is 20.2. The standard InChI is InChI=1S/C39H37BrN2O6/c40-28-12-18-34(45)26(20-28)19-25(24-7-3-1-4-8-24)11-17-35(46)36-27(22-43)21-32-37(33(36)23-44)39(48)42(38(32)47)31-15-13-30(14-16-31)41-29-9-5-2-6-10-29/h1-10,12-16,18-20,32-33,35,37,41,43-46H,11,17,21-23H2/b25-19-/t32-,33+,35-,37-/m1/s1. The van der Waals surface area contributed by atoms with E-state index in [1.807, 2.05) is 72.8 Å². The van der Waals surface area contributed by atoms with Crippen molar-refractivity contribution in [1.82, 2.24) is 0 Å². The fraction of sp³-hybridized carbons (Fsp3) is 0.231. The summed E-state index contributed by atoms with van der Waals surface area (Å²) in [7, 11) is 0. The van der Waals surface area contributed by atoms with E-state index in [0.29, 0.717) is 28.8 Å². The molecule has 1 heterocycles. The number of nitrogens with one attached hydrogen (secondary N) is 1. The molecule has 0 aromatic heterocycles. The third kappa shape index (κ3) is 6.86. The lowest BCUT2D eigenvalue weighted by Crippen LogP contribution is -2.39. The summed E-state index contributed by atoms with van der Waals surface area (Å²) >= 11 is 3.46. The molecule has 6 rings (SSSR count). The number of aromatic hydroxyl groups is 1. The van der Waals surface area contributed by atoms with Gasteiger partial charge in [-0.25, -0.2) is 0 Å². The topological polar surface area (TPSA) is 130 Å². The summed E-state index contributed by atoms with van der Waals surface area (Å²) in [6.45, 7) is -0.863. The number of phenols is 1. The van der Waals surface area contributed by atoms with Crippen LogP contribution in [0.25, 0.3) is 11.6 Å². The number of aliphatic hydroxyl groups is 3. The number of rotatable bonds is 11. The largest absolute Gasteiger partial charge is 0.507 e. The summed E-state index contributed by atoms with van der Waals surface area (Å²) in [6.07, 6.45) is 1.53. The van der Waals surface area contributed by atoms with Crippen molar-refractivity contribution in [3.8, 4) is 5.75 Å². The highest BCUT2D eigenvalue weighted by Crippen LogP contribution is 2.47. The Morgan fingerprint density at radius 3 is 2.23 bits per heavy atom. The first kappa shape index (κ1) is 33.4. The predicted molar refractivity (Wildman–Crippen MR) is 190 cm³/mol. The lowest BCUT2D eigenvalue weighted by Gasteiger charge is -2.36. The average molecular weight is 710 g/mol. The van der Waals surface area contributed by atoms with Gasteiger partial charge in [0.2, 0.25) is 11.8 Å². The first-order valence-corrected chi connectivity index (χ1v) is 16.7. The van der Waals surface area contributed by atoms with Crippen molar-refractivity contribution in [2.45, 2.75) is 25.4 Å². The van der Waals surface area contributed by atoms with Crippen LogP contribution in [0.1, 0.15) is 30.4 Å². The molecule has 2 amide bonds. The number of hydrogen-bond donors (Lipinski definition) is 5. The molecule has 246 valence electrons. The van der Waals surface area contributed by atoms with E-state index in [1.54, 1.807) is 36.4 Å². The highest BCUT2D eigenvalue weighted by Gasteiger charge is 2.55. The van der Waals surface area contributed by atoms with Crippen LogP contribution in [0.4, 0.5) is 17.1 Å². The van der Waals surface area contributed by atoms with Gasteiger partial charge in [-0.15, -0.1) is 0 Å². The monoisotopic (exact) mass is 708 g/mol. The Bertz CT molecular complexity index is 1840. The fourth-order valence-electron chi connectivity index (χ4n) is 6.97. The fourth-order valence-corrected chi connectivity index (χ4v) is 7.35. The molecular formula is C39H37BrN2O6. The van der Waals surface area contributed by atoms with Gasteiger partial charge in [0, 0.05) is 27.3 Å². The van der Waals surface area contributed by atoms with Gasteiger partial charge < -0.3 is 25.7 Å². The molecule has 48 heavy (non-hydrogen) atoms. The van der Waals surface area contributed by atoms with Gasteiger partial charge in [0.25, 0.3) is 0 Å². The van der Waals surface area contributed by atoms with Gasteiger partial charge >= 0.3 is 0 Å². The Hall–Kier alpha value is -4.54. The zero-order valence-electron chi connectivity index (χ0n) is 26.2. The van der Waals surface area contributed by atoms with E-state index in [-0.39, 0.29) is 24.5 Å². The minimum Gasteiger partial charge on any atom is -0.507 e. The quantitative estimate of drug-likeness (QED) is 0.0667. The summed E-state index contributed by atoms with van der Waals surface area (Å²) in [5.74, 6) is -3.15. The van der Waals surface area contributed by atoms with Crippen LogP contribution in [0, 0.1) is 17.8 Å². The molecule has 1 aliphatic heterocycles. The van der Waals surface area contributed by atoms with E-state index >= 15 is 0 Å². The molecule has 1 aliphatic carbocycles. The Balaban J connectivity index is 1.24. The molecule has 4 aromatic rings. The SMILES string of the molecule is O=C1[C@@H]2[C@@H](CC(CO)=C([C@H](O)CC/C(=C/c3cc(Br)ccc3O)c3ccccc3)[C@@H]2CO)C(=O)N1c1ccc(Nc2ccccc2)cc1. The minimum absolute atomic E-state index is 0.117. The van der Waals surface area contributed by atoms with Gasteiger partial charge in [-0.05, 0) is 102 Å². The van der Waals surface area contributed by atoms with E-state index in [4.69, 9.17) is 0 Å². The molecule has 0 bridgehead atoms. The molecule has 0 spiro atoms. The second-order valence-electron chi connectivity index (χ2n) is 12.2. The predicted octanol–water partition coefficient (Wildman–Crippen LogP) is 6.69. The van der Waals surface area contributed by atoms with E-state index in [0.717, 1.165) is 27.0 Å². The van der Waals surface area contributed by atoms with Crippen LogP contribution < -0.4 is 10.2 Å². The number of benzene rings is 4. The summed E-state index contributed by atoms with van der Waals surface area (Å²) in [5, 5.41) is 46.5. The molecule has 0 saturated carbocycles. The van der Waals surface area contributed by atoms with Crippen LogP contribution in [-0.2, 0) is 9.59 Å². The minimum atomic E-state index is -1.09. The third-order valence-electron chi connectivity index (χ3n) is 9.27. The number of anilines is 3. The first-order chi connectivity index (χ1) is 23.3. The van der Waals surface area contributed by atoms with Gasteiger partial charge in [0.15, 0.2) is 0 Å². The lowest BCUT2D eigenvalue weighted by molar-refractivity contribution is -0.123. The number of carbonyl (C=O) groups is 2. The first-order valence-electron chi connectivity index (χ1n) is 15.9. The molecule has 5 N–H and O–H groups in total. The second-order valence-corrected chi connectivity index (χ2v) is 13.1. The lowest BCUT2D eigenvalue weighted by atomic mass is 9.68. The summed E-state index contributed by atoms with van der Waals surface area (Å²) in [6, 6.07) is 31.5. The Kier molecular flexibility index (Phi) is 10.2. The highest BCUT2D eigenvalue weighted by atomic mass is 79.9. The molecule has 4 atom stereocenters. The van der Waals surface area contributed by atoms with Crippen molar-refractivity contribution in [2.75, 3.05) is 23.4 Å².